The van der Waals surface area contributed by atoms with Crippen molar-refractivity contribution in [1.29, 1.82) is 0 Å². The fourth-order valence-corrected chi connectivity index (χ4v) is 16.1. The number of para-hydroxylation sites is 2. The van der Waals surface area contributed by atoms with Gasteiger partial charge in [-0.1, -0.05) is 180 Å². The first-order valence-corrected chi connectivity index (χ1v) is 28.3. The van der Waals surface area contributed by atoms with E-state index in [9.17, 15) is 0 Å². The van der Waals surface area contributed by atoms with Crippen LogP contribution in [0.15, 0.2) is 158 Å². The third-order valence-electron chi connectivity index (χ3n) is 19.3. The fraction of sp³-hybridized carbons (Fsp3) is 0.333. The van der Waals surface area contributed by atoms with Gasteiger partial charge in [0.25, 0.3) is 6.71 Å². The summed E-state index contributed by atoms with van der Waals surface area (Å²) in [5, 5.41) is 0. The van der Waals surface area contributed by atoms with Crippen LogP contribution in [0.1, 0.15) is 153 Å². The summed E-state index contributed by atoms with van der Waals surface area (Å²) in [5.41, 5.74) is 29.3. The lowest BCUT2D eigenvalue weighted by atomic mass is 9.33. The summed E-state index contributed by atoms with van der Waals surface area (Å²) in [5.74, 6) is 0. The minimum absolute atomic E-state index is 0.00745. The van der Waals surface area contributed by atoms with Crippen LogP contribution in [0.4, 0.5) is 51.2 Å². The Kier molecular flexibility index (Phi) is 10.5. The van der Waals surface area contributed by atoms with Crippen molar-refractivity contribution in [2.45, 2.75) is 155 Å². The van der Waals surface area contributed by atoms with Crippen LogP contribution in [0.3, 0.4) is 0 Å². The van der Waals surface area contributed by atoms with Gasteiger partial charge in [-0.2, -0.15) is 0 Å². The molecule has 0 atom stereocenters. The van der Waals surface area contributed by atoms with Crippen molar-refractivity contribution in [2.24, 2.45) is 0 Å². The molecule has 8 aromatic carbocycles. The molecule has 382 valence electrons. The molecule has 13 rings (SSSR count). The molecule has 4 heteroatoms. The maximum Gasteiger partial charge on any atom is 0.252 e. The summed E-state index contributed by atoms with van der Waals surface area (Å²) in [6.07, 6.45) is 4.54. The monoisotopic (exact) mass is 994 g/mol. The molecular formula is C72H76BN3. The lowest BCUT2D eigenvalue weighted by Gasteiger charge is -2.48. The Bertz CT molecular complexity index is 3650. The Morgan fingerprint density at radius 1 is 0.368 bits per heavy atom. The van der Waals surface area contributed by atoms with Crippen LogP contribution in [-0.2, 0) is 32.5 Å². The highest BCUT2D eigenvalue weighted by Crippen LogP contribution is 2.58. The number of rotatable bonds is 6. The fourth-order valence-electron chi connectivity index (χ4n) is 16.1. The number of nitrogens with zero attached hydrogens (tertiary/aromatic N) is 3. The molecule has 0 saturated carbocycles. The Balaban J connectivity index is 1.21. The van der Waals surface area contributed by atoms with Crippen molar-refractivity contribution >= 4 is 74.3 Å². The molecule has 0 spiro atoms. The molecule has 2 aliphatic heterocycles. The van der Waals surface area contributed by atoms with Crippen molar-refractivity contribution in [2.75, 3.05) is 14.7 Å². The van der Waals surface area contributed by atoms with Crippen molar-refractivity contribution < 1.29 is 0 Å². The maximum absolute atomic E-state index is 2.75. The summed E-state index contributed by atoms with van der Waals surface area (Å²) in [6.45, 7) is 34.5. The van der Waals surface area contributed by atoms with E-state index in [0.717, 1.165) is 42.7 Å². The van der Waals surface area contributed by atoms with Gasteiger partial charge in [0.1, 0.15) is 0 Å². The van der Waals surface area contributed by atoms with E-state index < -0.39 is 0 Å². The highest BCUT2D eigenvalue weighted by atomic mass is 15.2. The van der Waals surface area contributed by atoms with Crippen molar-refractivity contribution in [3.63, 3.8) is 0 Å². The van der Waals surface area contributed by atoms with Crippen LogP contribution in [0.5, 0.6) is 0 Å². The zero-order valence-electron chi connectivity index (χ0n) is 47.8. The number of benzene rings is 8. The smallest absolute Gasteiger partial charge is 0.252 e. The second-order valence-electron chi connectivity index (χ2n) is 27.6. The SMILES string of the molecule is Cc1cc2c(cc1N1c3cc4c(cc3B3c5ccc(-c6ccccc6)cc5N(c5ccc6c(c5C)C(C)(C)CC6(C)C)c5cc(N(c6ccccc6)c6ccccc6)cc1c53)C(C)(C)CCC4(C)C)C(C)(C)CC2(C)C. The van der Waals surface area contributed by atoms with E-state index in [0.29, 0.717) is 0 Å². The third-order valence-corrected chi connectivity index (χ3v) is 19.3. The predicted molar refractivity (Wildman–Crippen MR) is 327 cm³/mol. The van der Waals surface area contributed by atoms with E-state index in [1.165, 1.54) is 106 Å². The molecular weight excluding hydrogens is 918 g/mol. The van der Waals surface area contributed by atoms with Crippen LogP contribution < -0.4 is 31.1 Å². The number of aryl methyl sites for hydroxylation is 1. The van der Waals surface area contributed by atoms with E-state index in [2.05, 4.69) is 269 Å². The van der Waals surface area contributed by atoms with Crippen molar-refractivity contribution in [3.05, 3.63) is 202 Å². The molecule has 0 radical (unpaired) electrons. The zero-order valence-corrected chi connectivity index (χ0v) is 47.8. The summed E-state index contributed by atoms with van der Waals surface area (Å²) >= 11 is 0. The Morgan fingerprint density at radius 3 is 1.46 bits per heavy atom. The van der Waals surface area contributed by atoms with Crippen LogP contribution in [0.2, 0.25) is 0 Å². The molecule has 0 bridgehead atoms. The van der Waals surface area contributed by atoms with Gasteiger partial charge in [-0.3, -0.25) is 0 Å². The van der Waals surface area contributed by atoms with E-state index in [-0.39, 0.29) is 39.2 Å². The first-order chi connectivity index (χ1) is 36.0. The first-order valence-electron chi connectivity index (χ1n) is 28.3. The Hall–Kier alpha value is -6.78. The minimum atomic E-state index is -0.0374. The van der Waals surface area contributed by atoms with Crippen LogP contribution in [0.25, 0.3) is 11.1 Å². The van der Waals surface area contributed by atoms with Crippen molar-refractivity contribution in [1.82, 2.24) is 0 Å². The molecule has 2 heterocycles. The van der Waals surface area contributed by atoms with Gasteiger partial charge >= 0.3 is 0 Å². The van der Waals surface area contributed by atoms with Gasteiger partial charge in [0.15, 0.2) is 0 Å². The molecule has 0 unspecified atom stereocenters. The van der Waals surface area contributed by atoms with E-state index in [4.69, 9.17) is 0 Å². The van der Waals surface area contributed by atoms with Gasteiger partial charge in [-0.05, 0) is 205 Å². The van der Waals surface area contributed by atoms with E-state index in [1.54, 1.807) is 0 Å². The molecule has 76 heavy (non-hydrogen) atoms. The lowest BCUT2D eigenvalue weighted by Crippen LogP contribution is -2.62. The molecule has 8 aromatic rings. The summed E-state index contributed by atoms with van der Waals surface area (Å²) in [4.78, 5) is 7.95. The van der Waals surface area contributed by atoms with E-state index >= 15 is 0 Å². The van der Waals surface area contributed by atoms with Crippen LogP contribution in [0, 0.1) is 13.8 Å². The molecule has 0 amide bonds. The van der Waals surface area contributed by atoms with Gasteiger partial charge in [0.2, 0.25) is 0 Å². The molecule has 3 aliphatic carbocycles. The zero-order chi connectivity index (χ0) is 53.2. The molecule has 3 nitrogen and oxygen atoms in total. The third kappa shape index (κ3) is 7.21. The number of fused-ring (bicyclic) bond motifs is 7. The number of anilines is 9. The summed E-state index contributed by atoms with van der Waals surface area (Å²) < 4.78 is 0. The van der Waals surface area contributed by atoms with Gasteiger partial charge in [0, 0.05) is 45.5 Å². The van der Waals surface area contributed by atoms with Gasteiger partial charge in [-0.15, -0.1) is 0 Å². The number of hydrogen-bond acceptors (Lipinski definition) is 3. The molecule has 0 fully saturated rings. The second kappa shape index (κ2) is 16.4. The van der Waals surface area contributed by atoms with E-state index in [1.807, 2.05) is 0 Å². The Morgan fingerprint density at radius 2 is 0.855 bits per heavy atom. The van der Waals surface area contributed by atoms with Crippen molar-refractivity contribution in [3.8, 4) is 11.1 Å². The first kappa shape index (κ1) is 48.8. The standard InChI is InChI=1S/C72H76BN3/c1-45-36-53-56(71(11,12)43-70(53,9)10)41-60(45)76-62-42-55-54(67(3,4)34-35-68(55,5)6)40-58(62)73-57-32-30-48(47-24-18-15-19-25-47)37-61(57)75(59-33-31-52-65(46(59)2)72(13,14)44-69(52,7)8)63-38-51(39-64(76)66(63)73)74(49-26-20-16-21-27-49)50-28-22-17-23-29-50/h15-33,36-42H,34-35,43-44H2,1-14H3. The van der Waals surface area contributed by atoms with Gasteiger partial charge in [-0.25, -0.2) is 0 Å². The molecule has 0 N–H and O–H groups in total. The Labute approximate surface area is 455 Å². The topological polar surface area (TPSA) is 9.72 Å². The second-order valence-corrected chi connectivity index (χ2v) is 27.6. The normalized spacial score (nSPS) is 19.0. The van der Waals surface area contributed by atoms with Crippen LogP contribution >= 0.6 is 0 Å². The average Bonchev–Trinajstić information content (AvgIpc) is 3.83. The van der Waals surface area contributed by atoms with Gasteiger partial charge in [0.05, 0.1) is 5.69 Å². The molecule has 0 saturated heterocycles. The quantitative estimate of drug-likeness (QED) is 0.154. The van der Waals surface area contributed by atoms with Gasteiger partial charge < -0.3 is 14.7 Å². The average molecular weight is 994 g/mol. The highest BCUT2D eigenvalue weighted by Gasteiger charge is 2.50. The van der Waals surface area contributed by atoms with Crippen LogP contribution in [-0.4, -0.2) is 6.71 Å². The summed E-state index contributed by atoms with van der Waals surface area (Å²) in [6, 6.07) is 61.2. The maximum atomic E-state index is 2.75. The summed E-state index contributed by atoms with van der Waals surface area (Å²) in [7, 11) is 0. The molecule has 0 aromatic heterocycles. The largest absolute Gasteiger partial charge is 0.311 e. The predicted octanol–water partition coefficient (Wildman–Crippen LogP) is 17.8. The lowest BCUT2D eigenvalue weighted by molar-refractivity contribution is 0.332. The number of hydrogen-bond donors (Lipinski definition) is 0. The minimum Gasteiger partial charge on any atom is -0.311 e. The molecule has 5 aliphatic rings. The highest BCUT2D eigenvalue weighted by molar-refractivity contribution is 7.00.